The molecule has 1 amide bonds. The van der Waals surface area contributed by atoms with Gasteiger partial charge in [0.05, 0.1) is 21.7 Å². The van der Waals surface area contributed by atoms with E-state index < -0.39 is 22.9 Å². The van der Waals surface area contributed by atoms with E-state index >= 15 is 0 Å². The van der Waals surface area contributed by atoms with Gasteiger partial charge in [0.1, 0.15) is 0 Å². The van der Waals surface area contributed by atoms with E-state index in [-0.39, 0.29) is 11.2 Å². The Labute approximate surface area is 193 Å². The highest BCUT2D eigenvalue weighted by Crippen LogP contribution is 2.30. The quantitative estimate of drug-likeness (QED) is 0.267. The lowest BCUT2D eigenvalue weighted by atomic mass is 10.2. The minimum Gasteiger partial charge on any atom is -0.382 e. The fourth-order valence-electron chi connectivity index (χ4n) is 3.10. The highest BCUT2D eigenvalue weighted by atomic mass is 32.2. The molecule has 0 spiro atoms. The molecule has 6 nitrogen and oxygen atoms in total. The molecule has 0 aliphatic rings. The molecule has 0 saturated carbocycles. The second-order valence-corrected chi connectivity index (χ2v) is 8.55. The van der Waals surface area contributed by atoms with Crippen LogP contribution in [-0.4, -0.2) is 33.9 Å². The number of hydrogen-bond donors (Lipinski definition) is 1. The number of carbonyl (C=O) groups is 1. The van der Waals surface area contributed by atoms with E-state index in [1.54, 1.807) is 31.2 Å². The van der Waals surface area contributed by atoms with E-state index in [4.69, 9.17) is 4.74 Å². The third kappa shape index (κ3) is 6.35. The lowest BCUT2D eigenvalue weighted by Crippen LogP contribution is -2.27. The highest BCUT2D eigenvalue weighted by molar-refractivity contribution is 8.00. The Kier molecular flexibility index (Phi) is 8.15. The number of carbonyl (C=O) groups excluding carboxylic acids is 1. The van der Waals surface area contributed by atoms with E-state index in [2.05, 4.69) is 10.3 Å². The summed E-state index contributed by atoms with van der Waals surface area (Å²) in [5, 5.41) is 2.84. The SMILES string of the molecule is CCOCCCn1c(SC(C)C(=O)Nc2ccc(C(F)(F)F)cc2)nc2ccccc2c1=O. The van der Waals surface area contributed by atoms with E-state index in [0.717, 1.165) is 23.9 Å². The van der Waals surface area contributed by atoms with Crippen molar-refractivity contribution in [2.24, 2.45) is 0 Å². The summed E-state index contributed by atoms with van der Waals surface area (Å²) < 4.78 is 45.1. The minimum absolute atomic E-state index is 0.199. The molecule has 0 fully saturated rings. The molecular weight excluding hydrogens is 455 g/mol. The number of halogens is 3. The molecule has 0 bridgehead atoms. The normalized spacial score (nSPS) is 12.6. The molecule has 1 N–H and O–H groups in total. The van der Waals surface area contributed by atoms with Gasteiger partial charge >= 0.3 is 6.18 Å². The van der Waals surface area contributed by atoms with Gasteiger partial charge in [-0.25, -0.2) is 4.98 Å². The van der Waals surface area contributed by atoms with Crippen LogP contribution < -0.4 is 10.9 Å². The van der Waals surface area contributed by atoms with Crippen molar-refractivity contribution in [1.82, 2.24) is 9.55 Å². The molecular formula is C23H24F3N3O3S. The van der Waals surface area contributed by atoms with Crippen molar-refractivity contribution < 1.29 is 22.7 Å². The number of nitrogens with zero attached hydrogens (tertiary/aromatic N) is 2. The zero-order chi connectivity index (χ0) is 24.0. The van der Waals surface area contributed by atoms with Crippen molar-refractivity contribution >= 4 is 34.3 Å². The van der Waals surface area contributed by atoms with Gasteiger partial charge in [0.15, 0.2) is 5.16 Å². The molecule has 0 saturated heterocycles. The molecule has 10 heteroatoms. The standard InChI is InChI=1S/C23H24F3N3O3S/c1-3-32-14-6-13-29-21(31)18-7-4-5-8-19(18)28-22(29)33-15(2)20(30)27-17-11-9-16(10-12-17)23(24,25)26/h4-5,7-12,15H,3,6,13-14H2,1-2H3,(H,27,30). The summed E-state index contributed by atoms with van der Waals surface area (Å²) in [6.45, 7) is 4.99. The fourth-order valence-corrected chi connectivity index (χ4v) is 4.04. The van der Waals surface area contributed by atoms with Gasteiger partial charge in [0, 0.05) is 25.4 Å². The van der Waals surface area contributed by atoms with Crippen LogP contribution >= 0.6 is 11.8 Å². The molecule has 1 unspecified atom stereocenters. The first kappa shape index (κ1) is 24.8. The summed E-state index contributed by atoms with van der Waals surface area (Å²) in [6, 6.07) is 11.2. The maximum Gasteiger partial charge on any atom is 0.416 e. The van der Waals surface area contributed by atoms with E-state index in [0.29, 0.717) is 42.2 Å². The number of alkyl halides is 3. The van der Waals surface area contributed by atoms with Crippen LogP contribution in [0.5, 0.6) is 0 Å². The van der Waals surface area contributed by atoms with Gasteiger partial charge < -0.3 is 10.1 Å². The summed E-state index contributed by atoms with van der Waals surface area (Å²) in [6.07, 6.45) is -3.84. The van der Waals surface area contributed by atoms with Crippen molar-refractivity contribution in [2.45, 2.75) is 43.4 Å². The average molecular weight is 480 g/mol. The van der Waals surface area contributed by atoms with Crippen LogP contribution in [-0.2, 0) is 22.3 Å². The van der Waals surface area contributed by atoms with Crippen molar-refractivity contribution in [3.63, 3.8) is 0 Å². The Hall–Kier alpha value is -2.85. The Morgan fingerprint density at radius 1 is 1.18 bits per heavy atom. The number of amides is 1. The van der Waals surface area contributed by atoms with Crippen LogP contribution in [0.3, 0.4) is 0 Å². The van der Waals surface area contributed by atoms with Crippen LogP contribution in [0.4, 0.5) is 18.9 Å². The topological polar surface area (TPSA) is 73.2 Å². The molecule has 0 aliphatic heterocycles. The van der Waals surface area contributed by atoms with Gasteiger partial charge in [0.25, 0.3) is 5.56 Å². The predicted molar refractivity (Wildman–Crippen MR) is 123 cm³/mol. The van der Waals surface area contributed by atoms with Gasteiger partial charge in [-0.3, -0.25) is 14.2 Å². The van der Waals surface area contributed by atoms with E-state index in [1.165, 1.54) is 16.7 Å². The third-order valence-corrected chi connectivity index (χ3v) is 5.92. The van der Waals surface area contributed by atoms with Crippen molar-refractivity contribution in [2.75, 3.05) is 18.5 Å². The lowest BCUT2D eigenvalue weighted by molar-refractivity contribution is -0.137. The first-order valence-electron chi connectivity index (χ1n) is 10.4. The lowest BCUT2D eigenvalue weighted by Gasteiger charge is -2.16. The number of hydrogen-bond acceptors (Lipinski definition) is 5. The first-order chi connectivity index (χ1) is 15.7. The molecule has 1 heterocycles. The molecule has 176 valence electrons. The number of rotatable bonds is 9. The molecule has 33 heavy (non-hydrogen) atoms. The van der Waals surface area contributed by atoms with Crippen LogP contribution in [0.15, 0.2) is 58.5 Å². The summed E-state index contributed by atoms with van der Waals surface area (Å²) in [5.41, 5.74) is -0.211. The molecule has 3 aromatic rings. The zero-order valence-corrected chi connectivity index (χ0v) is 19.0. The maximum absolute atomic E-state index is 13.0. The summed E-state index contributed by atoms with van der Waals surface area (Å²) in [5.74, 6) is -0.414. The van der Waals surface area contributed by atoms with Crippen LogP contribution in [0.1, 0.15) is 25.8 Å². The van der Waals surface area contributed by atoms with Crippen molar-refractivity contribution in [1.29, 1.82) is 0 Å². The number of para-hydroxylation sites is 1. The Morgan fingerprint density at radius 2 is 1.88 bits per heavy atom. The summed E-state index contributed by atoms with van der Waals surface area (Å²) in [4.78, 5) is 30.3. The minimum atomic E-state index is -4.45. The monoisotopic (exact) mass is 479 g/mol. The van der Waals surface area contributed by atoms with Crippen molar-refractivity contribution in [3.05, 3.63) is 64.4 Å². The van der Waals surface area contributed by atoms with Gasteiger partial charge in [-0.1, -0.05) is 23.9 Å². The fraction of sp³-hybridized carbons (Fsp3) is 0.348. The second kappa shape index (κ2) is 10.8. The van der Waals surface area contributed by atoms with Gasteiger partial charge in [0.2, 0.25) is 5.91 Å². The number of benzene rings is 2. The number of aromatic nitrogens is 2. The Balaban J connectivity index is 1.78. The number of ether oxygens (including phenoxy) is 1. The van der Waals surface area contributed by atoms with Crippen LogP contribution in [0.25, 0.3) is 10.9 Å². The molecule has 3 rings (SSSR count). The smallest absolute Gasteiger partial charge is 0.382 e. The molecule has 1 aromatic heterocycles. The van der Waals surface area contributed by atoms with Crippen LogP contribution in [0.2, 0.25) is 0 Å². The molecule has 2 aromatic carbocycles. The third-order valence-electron chi connectivity index (χ3n) is 4.83. The second-order valence-electron chi connectivity index (χ2n) is 7.24. The Bertz CT molecular complexity index is 1160. The number of fused-ring (bicyclic) bond motifs is 1. The summed E-state index contributed by atoms with van der Waals surface area (Å²) in [7, 11) is 0. The van der Waals surface area contributed by atoms with Gasteiger partial charge in [-0.2, -0.15) is 13.2 Å². The number of anilines is 1. The predicted octanol–water partition coefficient (Wildman–Crippen LogP) is 4.96. The highest BCUT2D eigenvalue weighted by Gasteiger charge is 2.30. The molecule has 0 aliphatic carbocycles. The Morgan fingerprint density at radius 3 is 2.55 bits per heavy atom. The van der Waals surface area contributed by atoms with E-state index in [1.807, 2.05) is 6.92 Å². The van der Waals surface area contributed by atoms with Crippen LogP contribution in [0, 0.1) is 0 Å². The first-order valence-corrected chi connectivity index (χ1v) is 11.3. The van der Waals surface area contributed by atoms with Gasteiger partial charge in [-0.05, 0) is 56.7 Å². The number of thioether (sulfide) groups is 1. The maximum atomic E-state index is 13.0. The average Bonchev–Trinajstić information content (AvgIpc) is 2.78. The summed E-state index contributed by atoms with van der Waals surface area (Å²) >= 11 is 1.12. The largest absolute Gasteiger partial charge is 0.416 e. The number of nitrogens with one attached hydrogen (secondary N) is 1. The molecule has 1 atom stereocenters. The van der Waals surface area contributed by atoms with Gasteiger partial charge in [-0.15, -0.1) is 0 Å². The van der Waals surface area contributed by atoms with E-state index in [9.17, 15) is 22.8 Å². The molecule has 0 radical (unpaired) electrons. The zero-order valence-electron chi connectivity index (χ0n) is 18.2. The van der Waals surface area contributed by atoms with Crippen molar-refractivity contribution in [3.8, 4) is 0 Å².